The molecule has 1 N–H and O–H groups in total. The van der Waals surface area contributed by atoms with Crippen molar-refractivity contribution in [1.29, 1.82) is 0 Å². The van der Waals surface area contributed by atoms with Gasteiger partial charge in [-0.2, -0.15) is 0 Å². The van der Waals surface area contributed by atoms with Crippen molar-refractivity contribution in [2.24, 2.45) is 5.92 Å². The summed E-state index contributed by atoms with van der Waals surface area (Å²) in [7, 11) is 0. The van der Waals surface area contributed by atoms with Crippen LogP contribution in [-0.4, -0.2) is 11.4 Å². The standard InChI is InChI=1S/C7H13O2/c8-7(9)6-4-2-1-3-5-6/h6-8H,1-5H2/q-1. The van der Waals surface area contributed by atoms with Gasteiger partial charge in [0.2, 0.25) is 0 Å². The first-order valence-corrected chi connectivity index (χ1v) is 3.64. The largest absolute Gasteiger partial charge is 0.831 e. The maximum absolute atomic E-state index is 10.4. The van der Waals surface area contributed by atoms with Gasteiger partial charge < -0.3 is 10.2 Å². The fraction of sp³-hybridized carbons (Fsp3) is 1.00. The van der Waals surface area contributed by atoms with Crippen LogP contribution >= 0.6 is 0 Å². The van der Waals surface area contributed by atoms with Crippen molar-refractivity contribution in [2.45, 2.75) is 38.4 Å². The fourth-order valence-electron chi connectivity index (χ4n) is 1.42. The van der Waals surface area contributed by atoms with Crippen molar-refractivity contribution < 1.29 is 10.2 Å². The third-order valence-corrected chi connectivity index (χ3v) is 2.05. The van der Waals surface area contributed by atoms with Gasteiger partial charge in [0.1, 0.15) is 0 Å². The number of hydrogen-bond donors (Lipinski definition) is 1. The Morgan fingerprint density at radius 1 is 1.22 bits per heavy atom. The molecule has 1 unspecified atom stereocenters. The molecule has 9 heavy (non-hydrogen) atoms. The van der Waals surface area contributed by atoms with Gasteiger partial charge in [-0.15, -0.1) is 0 Å². The quantitative estimate of drug-likeness (QED) is 0.515. The molecule has 1 aliphatic rings. The molecule has 0 radical (unpaired) electrons. The zero-order chi connectivity index (χ0) is 6.69. The van der Waals surface area contributed by atoms with Crippen molar-refractivity contribution in [2.75, 3.05) is 0 Å². The molecular formula is C7H13O2-. The summed E-state index contributed by atoms with van der Waals surface area (Å²) in [5.74, 6) is 0.0544. The highest BCUT2D eigenvalue weighted by molar-refractivity contribution is 4.65. The summed E-state index contributed by atoms with van der Waals surface area (Å²) in [5.41, 5.74) is 0. The summed E-state index contributed by atoms with van der Waals surface area (Å²) < 4.78 is 0. The molecule has 1 saturated carbocycles. The first kappa shape index (κ1) is 7.03. The molecule has 0 spiro atoms. The van der Waals surface area contributed by atoms with Crippen molar-refractivity contribution in [3.05, 3.63) is 0 Å². The monoisotopic (exact) mass is 129 g/mol. The van der Waals surface area contributed by atoms with Crippen molar-refractivity contribution >= 4 is 0 Å². The summed E-state index contributed by atoms with van der Waals surface area (Å²) in [6.07, 6.45) is 4.05. The predicted octanol–water partition coefficient (Wildman–Crippen LogP) is 0.245. The number of aliphatic hydroxyl groups excluding tert-OH is 1. The Morgan fingerprint density at radius 2 is 1.78 bits per heavy atom. The second kappa shape index (κ2) is 3.18. The Hall–Kier alpha value is -0.0800. The van der Waals surface area contributed by atoms with Gasteiger partial charge in [0.25, 0.3) is 0 Å². The topological polar surface area (TPSA) is 43.3 Å². The lowest BCUT2D eigenvalue weighted by Gasteiger charge is -2.30. The van der Waals surface area contributed by atoms with Gasteiger partial charge in [-0.3, -0.25) is 0 Å². The zero-order valence-electron chi connectivity index (χ0n) is 5.55. The van der Waals surface area contributed by atoms with Gasteiger partial charge in [-0.1, -0.05) is 19.3 Å². The van der Waals surface area contributed by atoms with Crippen LogP contribution < -0.4 is 5.11 Å². The second-order valence-electron chi connectivity index (χ2n) is 2.79. The normalized spacial score (nSPS) is 26.0. The van der Waals surface area contributed by atoms with Crippen LogP contribution in [0.1, 0.15) is 32.1 Å². The van der Waals surface area contributed by atoms with Crippen LogP contribution in [0.5, 0.6) is 0 Å². The molecule has 0 aliphatic heterocycles. The van der Waals surface area contributed by atoms with Crippen LogP contribution in [0.2, 0.25) is 0 Å². The number of aliphatic hydroxyl groups is 1. The first-order valence-electron chi connectivity index (χ1n) is 3.64. The van der Waals surface area contributed by atoms with E-state index in [9.17, 15) is 5.11 Å². The maximum atomic E-state index is 10.4. The fourth-order valence-corrected chi connectivity index (χ4v) is 1.42. The van der Waals surface area contributed by atoms with E-state index in [4.69, 9.17) is 5.11 Å². The molecule has 0 aromatic heterocycles. The molecule has 2 nitrogen and oxygen atoms in total. The molecule has 1 rings (SSSR count). The summed E-state index contributed by atoms with van der Waals surface area (Å²) in [5, 5.41) is 19.1. The molecule has 1 atom stereocenters. The third-order valence-electron chi connectivity index (χ3n) is 2.05. The van der Waals surface area contributed by atoms with E-state index in [2.05, 4.69) is 0 Å². The highest BCUT2D eigenvalue weighted by atomic mass is 16.5. The molecule has 0 bridgehead atoms. The Labute approximate surface area is 55.5 Å². The Kier molecular flexibility index (Phi) is 2.49. The van der Waals surface area contributed by atoms with Crippen molar-refractivity contribution in [3.8, 4) is 0 Å². The summed E-state index contributed by atoms with van der Waals surface area (Å²) >= 11 is 0. The smallest absolute Gasteiger partial charge is 0.0196 e. The Balaban J connectivity index is 2.23. The van der Waals surface area contributed by atoms with Crippen LogP contribution in [-0.2, 0) is 0 Å². The average molecular weight is 129 g/mol. The van der Waals surface area contributed by atoms with Crippen LogP contribution in [0, 0.1) is 5.92 Å². The Morgan fingerprint density at radius 3 is 2.11 bits per heavy atom. The summed E-state index contributed by atoms with van der Waals surface area (Å²) in [4.78, 5) is 0. The first-order chi connectivity index (χ1) is 4.30. The molecule has 0 aromatic rings. The van der Waals surface area contributed by atoms with Gasteiger partial charge in [0.15, 0.2) is 0 Å². The van der Waals surface area contributed by atoms with Crippen molar-refractivity contribution in [3.63, 3.8) is 0 Å². The number of hydrogen-bond acceptors (Lipinski definition) is 2. The van der Waals surface area contributed by atoms with E-state index in [-0.39, 0.29) is 5.92 Å². The van der Waals surface area contributed by atoms with Gasteiger partial charge >= 0.3 is 0 Å². The lowest BCUT2D eigenvalue weighted by molar-refractivity contribution is -0.497. The van der Waals surface area contributed by atoms with E-state index in [1.807, 2.05) is 0 Å². The molecule has 0 saturated heterocycles. The maximum Gasteiger partial charge on any atom is -0.0196 e. The minimum atomic E-state index is -1.31. The molecule has 2 heteroatoms. The lowest BCUT2D eigenvalue weighted by atomic mass is 9.89. The van der Waals surface area contributed by atoms with Crippen LogP contribution in [0.3, 0.4) is 0 Å². The van der Waals surface area contributed by atoms with E-state index in [0.717, 1.165) is 25.7 Å². The van der Waals surface area contributed by atoms with Gasteiger partial charge in [0.05, 0.1) is 0 Å². The Bertz CT molecular complexity index is 75.0. The van der Waals surface area contributed by atoms with E-state index < -0.39 is 6.29 Å². The van der Waals surface area contributed by atoms with E-state index in [1.54, 1.807) is 0 Å². The predicted molar refractivity (Wildman–Crippen MR) is 32.6 cm³/mol. The van der Waals surface area contributed by atoms with Gasteiger partial charge in [-0.25, -0.2) is 0 Å². The molecule has 0 amide bonds. The van der Waals surface area contributed by atoms with E-state index in [1.165, 1.54) is 6.42 Å². The minimum absolute atomic E-state index is 0.0544. The van der Waals surface area contributed by atoms with Gasteiger partial charge in [0, 0.05) is 0 Å². The molecule has 0 aromatic carbocycles. The SMILES string of the molecule is [O-]C(O)C1CCCCC1. The lowest BCUT2D eigenvalue weighted by Crippen LogP contribution is -2.34. The van der Waals surface area contributed by atoms with Crippen LogP contribution in [0.25, 0.3) is 0 Å². The second-order valence-corrected chi connectivity index (χ2v) is 2.79. The van der Waals surface area contributed by atoms with Crippen molar-refractivity contribution in [1.82, 2.24) is 0 Å². The molecule has 1 fully saturated rings. The van der Waals surface area contributed by atoms with Gasteiger partial charge in [-0.05, 0) is 25.0 Å². The molecule has 54 valence electrons. The van der Waals surface area contributed by atoms with Crippen LogP contribution in [0.15, 0.2) is 0 Å². The summed E-state index contributed by atoms with van der Waals surface area (Å²) in [6.45, 7) is 0. The summed E-state index contributed by atoms with van der Waals surface area (Å²) in [6, 6.07) is 0. The molecule has 0 heterocycles. The van der Waals surface area contributed by atoms with Crippen LogP contribution in [0.4, 0.5) is 0 Å². The van der Waals surface area contributed by atoms with E-state index >= 15 is 0 Å². The minimum Gasteiger partial charge on any atom is -0.831 e. The average Bonchev–Trinajstić information content (AvgIpc) is 1.90. The number of rotatable bonds is 1. The third kappa shape index (κ3) is 1.95. The zero-order valence-corrected chi connectivity index (χ0v) is 5.55. The highest BCUT2D eigenvalue weighted by Crippen LogP contribution is 2.24. The highest BCUT2D eigenvalue weighted by Gasteiger charge is 2.13. The van der Waals surface area contributed by atoms with E-state index in [0.29, 0.717) is 0 Å². The molecule has 1 aliphatic carbocycles. The molecular weight excluding hydrogens is 116 g/mol.